The van der Waals surface area contributed by atoms with Crippen molar-refractivity contribution in [3.8, 4) is 5.69 Å². The van der Waals surface area contributed by atoms with Crippen LogP contribution in [0.2, 0.25) is 0 Å². The highest BCUT2D eigenvalue weighted by molar-refractivity contribution is 9.10. The van der Waals surface area contributed by atoms with Crippen molar-refractivity contribution < 1.29 is 9.21 Å². The number of hydrogen-bond acceptors (Lipinski definition) is 4. The normalized spacial score (nSPS) is 10.6. The molecule has 2 aromatic heterocycles. The van der Waals surface area contributed by atoms with Crippen LogP contribution in [0.4, 0.5) is 5.69 Å². The molecule has 2 heterocycles. The zero-order valence-corrected chi connectivity index (χ0v) is 12.7. The van der Waals surface area contributed by atoms with Crippen LogP contribution in [0.3, 0.4) is 0 Å². The Labute approximate surface area is 128 Å². The van der Waals surface area contributed by atoms with Crippen LogP contribution in [0.15, 0.2) is 52.1 Å². The molecule has 0 aliphatic rings. The van der Waals surface area contributed by atoms with Crippen LogP contribution in [0.5, 0.6) is 0 Å². The summed E-state index contributed by atoms with van der Waals surface area (Å²) in [5.41, 5.74) is 1.82. The van der Waals surface area contributed by atoms with E-state index in [1.807, 2.05) is 18.2 Å². The number of halogens is 1. The molecule has 0 fully saturated rings. The first-order valence-electron chi connectivity index (χ1n) is 6.14. The molecule has 0 radical (unpaired) electrons. The van der Waals surface area contributed by atoms with Gasteiger partial charge in [0.2, 0.25) is 0 Å². The summed E-state index contributed by atoms with van der Waals surface area (Å²) < 4.78 is 7.59. The third kappa shape index (κ3) is 2.87. The molecule has 1 N–H and O–H groups in total. The highest BCUT2D eigenvalue weighted by Crippen LogP contribution is 2.25. The lowest BCUT2D eigenvalue weighted by molar-refractivity contribution is 0.102. The zero-order chi connectivity index (χ0) is 14.8. The van der Waals surface area contributed by atoms with Gasteiger partial charge in [0.25, 0.3) is 5.91 Å². The minimum absolute atomic E-state index is 0.244. The Bertz CT molecular complexity index is 780. The van der Waals surface area contributed by atoms with Crippen molar-refractivity contribution >= 4 is 27.5 Å². The van der Waals surface area contributed by atoms with E-state index < -0.39 is 0 Å². The average molecular weight is 347 g/mol. The Hall–Kier alpha value is -2.41. The average Bonchev–Trinajstić information content (AvgIpc) is 3.10. The number of aryl methyl sites for hydroxylation is 1. The quantitative estimate of drug-likeness (QED) is 0.790. The summed E-state index contributed by atoms with van der Waals surface area (Å²) >= 11 is 3.39. The van der Waals surface area contributed by atoms with Crippen LogP contribution < -0.4 is 5.32 Å². The van der Waals surface area contributed by atoms with E-state index in [0.29, 0.717) is 17.0 Å². The molecule has 7 heteroatoms. The van der Waals surface area contributed by atoms with Gasteiger partial charge in [0.1, 0.15) is 24.7 Å². The van der Waals surface area contributed by atoms with Gasteiger partial charge in [-0.1, -0.05) is 15.9 Å². The second-order valence-electron chi connectivity index (χ2n) is 4.40. The van der Waals surface area contributed by atoms with E-state index in [-0.39, 0.29) is 5.91 Å². The van der Waals surface area contributed by atoms with Crippen molar-refractivity contribution in [3.05, 3.63) is 59.0 Å². The lowest BCUT2D eigenvalue weighted by Gasteiger charge is -2.10. The number of rotatable bonds is 3. The number of hydrogen-bond donors (Lipinski definition) is 1. The summed E-state index contributed by atoms with van der Waals surface area (Å²) in [6.45, 7) is 1.79. The Balaban J connectivity index is 1.94. The van der Waals surface area contributed by atoms with Gasteiger partial charge in [-0.05, 0) is 31.2 Å². The number of nitrogens with one attached hydrogen (secondary N) is 1. The van der Waals surface area contributed by atoms with Gasteiger partial charge in [-0.25, -0.2) is 9.67 Å². The number of anilines is 1. The van der Waals surface area contributed by atoms with Gasteiger partial charge in [-0.3, -0.25) is 4.79 Å². The van der Waals surface area contributed by atoms with Gasteiger partial charge in [-0.15, -0.1) is 0 Å². The van der Waals surface area contributed by atoms with E-state index in [4.69, 9.17) is 4.42 Å². The van der Waals surface area contributed by atoms with Crippen LogP contribution >= 0.6 is 15.9 Å². The van der Waals surface area contributed by atoms with Crippen molar-refractivity contribution in [2.75, 3.05) is 5.32 Å². The summed E-state index contributed by atoms with van der Waals surface area (Å²) in [6.07, 6.45) is 4.44. The topological polar surface area (TPSA) is 73.0 Å². The van der Waals surface area contributed by atoms with Crippen molar-refractivity contribution in [1.29, 1.82) is 0 Å². The first-order valence-corrected chi connectivity index (χ1v) is 6.94. The minimum atomic E-state index is -0.244. The molecule has 0 saturated heterocycles. The van der Waals surface area contributed by atoms with E-state index in [2.05, 4.69) is 31.3 Å². The molecule has 6 nitrogen and oxygen atoms in total. The number of carbonyl (C=O) groups is 1. The van der Waals surface area contributed by atoms with Crippen molar-refractivity contribution in [2.45, 2.75) is 6.92 Å². The third-order valence-electron chi connectivity index (χ3n) is 2.87. The maximum Gasteiger partial charge on any atom is 0.258 e. The van der Waals surface area contributed by atoms with Crippen LogP contribution in [0, 0.1) is 6.92 Å². The monoisotopic (exact) mass is 346 g/mol. The number of nitrogens with zero attached hydrogens (tertiary/aromatic N) is 3. The summed E-state index contributed by atoms with van der Waals surface area (Å²) in [5, 5.41) is 6.93. The second kappa shape index (κ2) is 5.53. The molecule has 21 heavy (non-hydrogen) atoms. The molecule has 0 saturated carbocycles. The number of aromatic nitrogens is 3. The smallest absolute Gasteiger partial charge is 0.258 e. The van der Waals surface area contributed by atoms with Gasteiger partial charge >= 0.3 is 0 Å². The molecule has 1 amide bonds. The number of furan rings is 1. The highest BCUT2D eigenvalue weighted by atomic mass is 79.9. The molecule has 1 aromatic carbocycles. The standard InChI is InChI=1S/C14H11BrN4O2/c1-9-4-10(6-21-9)14(20)18-12-5-11(15)2-3-13(12)19-8-16-7-17-19/h2-8H,1H3,(H,18,20). The highest BCUT2D eigenvalue weighted by Gasteiger charge is 2.13. The number of benzene rings is 1. The minimum Gasteiger partial charge on any atom is -0.469 e. The Morgan fingerprint density at radius 1 is 1.38 bits per heavy atom. The molecule has 0 bridgehead atoms. The van der Waals surface area contributed by atoms with Gasteiger partial charge in [0.15, 0.2) is 0 Å². The van der Waals surface area contributed by atoms with Crippen molar-refractivity contribution in [2.24, 2.45) is 0 Å². The fraction of sp³-hybridized carbons (Fsp3) is 0.0714. The molecular weight excluding hydrogens is 336 g/mol. The lowest BCUT2D eigenvalue weighted by Crippen LogP contribution is -2.13. The summed E-state index contributed by atoms with van der Waals surface area (Å²) in [4.78, 5) is 16.1. The Morgan fingerprint density at radius 3 is 2.90 bits per heavy atom. The molecular formula is C14H11BrN4O2. The summed E-state index contributed by atoms with van der Waals surface area (Å²) in [7, 11) is 0. The van der Waals surface area contributed by atoms with E-state index in [9.17, 15) is 4.79 Å². The SMILES string of the molecule is Cc1cc(C(=O)Nc2cc(Br)ccc2-n2cncn2)co1. The molecule has 0 unspecified atom stereocenters. The fourth-order valence-corrected chi connectivity index (χ4v) is 2.26. The molecule has 0 atom stereocenters. The van der Waals surface area contributed by atoms with E-state index in [0.717, 1.165) is 10.2 Å². The maximum atomic E-state index is 12.2. The number of amides is 1. The maximum absolute atomic E-state index is 12.2. The van der Waals surface area contributed by atoms with Crippen LogP contribution in [-0.4, -0.2) is 20.7 Å². The van der Waals surface area contributed by atoms with Crippen LogP contribution in [0.25, 0.3) is 5.69 Å². The van der Waals surface area contributed by atoms with E-state index in [1.54, 1.807) is 24.0 Å². The predicted octanol–water partition coefficient (Wildman–Crippen LogP) is 3.18. The molecule has 0 aliphatic carbocycles. The Kier molecular flexibility index (Phi) is 3.57. The molecule has 0 spiro atoms. The number of carbonyl (C=O) groups excluding carboxylic acids is 1. The molecule has 3 rings (SSSR count). The second-order valence-corrected chi connectivity index (χ2v) is 5.32. The third-order valence-corrected chi connectivity index (χ3v) is 3.36. The fourth-order valence-electron chi connectivity index (χ4n) is 1.90. The van der Waals surface area contributed by atoms with Gasteiger partial charge < -0.3 is 9.73 Å². The molecule has 106 valence electrons. The zero-order valence-electron chi connectivity index (χ0n) is 11.1. The van der Waals surface area contributed by atoms with Gasteiger partial charge in [0.05, 0.1) is 16.9 Å². The first-order chi connectivity index (χ1) is 10.1. The van der Waals surface area contributed by atoms with Crippen molar-refractivity contribution in [3.63, 3.8) is 0 Å². The van der Waals surface area contributed by atoms with E-state index in [1.165, 1.54) is 12.6 Å². The first kappa shape index (κ1) is 13.6. The van der Waals surface area contributed by atoms with Crippen LogP contribution in [0.1, 0.15) is 16.1 Å². The molecule has 0 aliphatic heterocycles. The summed E-state index contributed by atoms with van der Waals surface area (Å²) in [6, 6.07) is 7.20. The largest absolute Gasteiger partial charge is 0.469 e. The van der Waals surface area contributed by atoms with Crippen LogP contribution in [-0.2, 0) is 0 Å². The molecule has 3 aromatic rings. The Morgan fingerprint density at radius 2 is 2.24 bits per heavy atom. The summed E-state index contributed by atoms with van der Waals surface area (Å²) in [5.74, 6) is 0.442. The van der Waals surface area contributed by atoms with E-state index >= 15 is 0 Å². The van der Waals surface area contributed by atoms with Gasteiger partial charge in [-0.2, -0.15) is 5.10 Å². The lowest BCUT2D eigenvalue weighted by atomic mass is 10.2. The predicted molar refractivity (Wildman–Crippen MR) is 80.5 cm³/mol. The van der Waals surface area contributed by atoms with Crippen molar-refractivity contribution in [1.82, 2.24) is 14.8 Å². The van der Waals surface area contributed by atoms with Gasteiger partial charge in [0, 0.05) is 4.47 Å².